The molecule has 24 heavy (non-hydrogen) atoms. The van der Waals surface area contributed by atoms with Gasteiger partial charge in [-0.15, -0.1) is 0 Å². The number of anilines is 1. The second kappa shape index (κ2) is 5.73. The quantitative estimate of drug-likeness (QED) is 0.742. The fourth-order valence-electron chi connectivity index (χ4n) is 2.68. The molecule has 0 saturated carbocycles. The lowest BCUT2D eigenvalue weighted by Gasteiger charge is -2.14. The first-order chi connectivity index (χ1) is 11.7. The molecule has 0 N–H and O–H groups in total. The summed E-state index contributed by atoms with van der Waals surface area (Å²) in [6, 6.07) is 11.2. The Balaban J connectivity index is 1.62. The van der Waals surface area contributed by atoms with Crippen molar-refractivity contribution in [3.8, 4) is 11.8 Å². The van der Waals surface area contributed by atoms with Gasteiger partial charge in [0.25, 0.3) is 5.91 Å². The van der Waals surface area contributed by atoms with Gasteiger partial charge < -0.3 is 4.74 Å². The maximum atomic E-state index is 12.6. The zero-order chi connectivity index (χ0) is 16.5. The first-order valence-electron chi connectivity index (χ1n) is 7.53. The molecule has 0 atom stereocenters. The summed E-state index contributed by atoms with van der Waals surface area (Å²) in [7, 11) is 0. The van der Waals surface area contributed by atoms with Crippen LogP contribution in [0.15, 0.2) is 55.0 Å². The zero-order valence-electron chi connectivity index (χ0n) is 13.0. The minimum atomic E-state index is -0.0592. The molecule has 0 unspecified atom stereocenters. The second-order valence-corrected chi connectivity index (χ2v) is 5.54. The highest BCUT2D eigenvalue weighted by molar-refractivity contribution is 6.09. The number of rotatable bonds is 3. The number of benzene rings is 1. The summed E-state index contributed by atoms with van der Waals surface area (Å²) in [6.45, 7) is 2.51. The molecule has 1 amide bonds. The van der Waals surface area contributed by atoms with E-state index in [4.69, 9.17) is 4.74 Å². The van der Waals surface area contributed by atoms with Crippen LogP contribution in [-0.2, 0) is 6.54 Å². The molecule has 0 radical (unpaired) electrons. The smallest absolute Gasteiger partial charge is 0.323 e. The molecule has 118 valence electrons. The van der Waals surface area contributed by atoms with Crippen molar-refractivity contribution in [3.63, 3.8) is 0 Å². The highest BCUT2D eigenvalue weighted by Gasteiger charge is 2.29. The molecular weight excluding hydrogens is 304 g/mol. The van der Waals surface area contributed by atoms with E-state index in [-0.39, 0.29) is 11.9 Å². The number of aryl methyl sites for hydroxylation is 1. The van der Waals surface area contributed by atoms with E-state index in [9.17, 15) is 4.79 Å². The van der Waals surface area contributed by atoms with Crippen LogP contribution in [-0.4, -0.2) is 20.9 Å². The monoisotopic (exact) mass is 318 g/mol. The number of nitrogens with zero attached hydrogens (tertiary/aromatic N) is 4. The third-order valence-electron chi connectivity index (χ3n) is 3.80. The Labute approximate surface area is 138 Å². The van der Waals surface area contributed by atoms with E-state index < -0.39 is 0 Å². The van der Waals surface area contributed by atoms with Crippen molar-refractivity contribution in [2.24, 2.45) is 0 Å². The van der Waals surface area contributed by atoms with Gasteiger partial charge in [-0.2, -0.15) is 4.98 Å². The summed E-state index contributed by atoms with van der Waals surface area (Å²) in [5.74, 6) is 1.00. The van der Waals surface area contributed by atoms with Crippen molar-refractivity contribution in [3.05, 3.63) is 71.7 Å². The standard InChI is InChI=1S/C18H14N4O2/c1-12-4-5-15-13(9-12)11-22(17(15)23)16-6-8-20-18(21-16)24-14-3-2-7-19-10-14/h2-10H,11H2,1H3. The van der Waals surface area contributed by atoms with Crippen LogP contribution >= 0.6 is 0 Å². The lowest BCUT2D eigenvalue weighted by atomic mass is 10.1. The first kappa shape index (κ1) is 14.3. The Hall–Kier alpha value is -3.28. The first-order valence-corrected chi connectivity index (χ1v) is 7.53. The predicted octanol–water partition coefficient (Wildman–Crippen LogP) is 3.13. The lowest BCUT2D eigenvalue weighted by Crippen LogP contribution is -2.24. The number of carbonyl (C=O) groups excluding carboxylic acids is 1. The number of fused-ring (bicyclic) bond motifs is 1. The Morgan fingerprint density at radius 2 is 2.08 bits per heavy atom. The molecule has 1 aliphatic heterocycles. The third kappa shape index (κ3) is 2.58. The predicted molar refractivity (Wildman–Crippen MR) is 88.0 cm³/mol. The minimum Gasteiger partial charge on any atom is -0.423 e. The molecule has 0 saturated heterocycles. The molecule has 3 aromatic rings. The molecule has 2 aromatic heterocycles. The molecule has 0 spiro atoms. The van der Waals surface area contributed by atoms with E-state index in [0.717, 1.165) is 11.1 Å². The summed E-state index contributed by atoms with van der Waals surface area (Å²) in [6.07, 6.45) is 4.82. The highest BCUT2D eigenvalue weighted by Crippen LogP contribution is 2.28. The lowest BCUT2D eigenvalue weighted by molar-refractivity contribution is 0.0996. The molecule has 1 aromatic carbocycles. The summed E-state index contributed by atoms with van der Waals surface area (Å²) in [5.41, 5.74) is 2.86. The molecule has 0 aliphatic carbocycles. The van der Waals surface area contributed by atoms with Crippen LogP contribution in [0.1, 0.15) is 21.5 Å². The highest BCUT2D eigenvalue weighted by atomic mass is 16.5. The average molecular weight is 318 g/mol. The van der Waals surface area contributed by atoms with Gasteiger partial charge in [-0.05, 0) is 36.8 Å². The number of amides is 1. The van der Waals surface area contributed by atoms with Crippen LogP contribution in [0.25, 0.3) is 0 Å². The second-order valence-electron chi connectivity index (χ2n) is 5.54. The molecular formula is C18H14N4O2. The summed E-state index contributed by atoms with van der Waals surface area (Å²) < 4.78 is 5.59. The van der Waals surface area contributed by atoms with Crippen LogP contribution < -0.4 is 9.64 Å². The fraction of sp³-hybridized carbons (Fsp3) is 0.111. The molecule has 6 heteroatoms. The van der Waals surface area contributed by atoms with Gasteiger partial charge >= 0.3 is 6.01 Å². The van der Waals surface area contributed by atoms with Gasteiger partial charge in [0, 0.05) is 18.0 Å². The van der Waals surface area contributed by atoms with Gasteiger partial charge in [0.15, 0.2) is 0 Å². The van der Waals surface area contributed by atoms with Crippen LogP contribution in [0, 0.1) is 6.92 Å². The van der Waals surface area contributed by atoms with Gasteiger partial charge in [0.05, 0.1) is 12.7 Å². The van der Waals surface area contributed by atoms with Crippen LogP contribution in [0.5, 0.6) is 11.8 Å². The van der Waals surface area contributed by atoms with Gasteiger partial charge in [-0.3, -0.25) is 14.7 Å². The maximum Gasteiger partial charge on any atom is 0.323 e. The molecule has 6 nitrogen and oxygen atoms in total. The van der Waals surface area contributed by atoms with E-state index in [1.807, 2.05) is 25.1 Å². The van der Waals surface area contributed by atoms with Crippen molar-refractivity contribution < 1.29 is 9.53 Å². The molecule has 3 heterocycles. The molecule has 1 aliphatic rings. The van der Waals surface area contributed by atoms with Crippen LogP contribution in [0.4, 0.5) is 5.82 Å². The van der Waals surface area contributed by atoms with Gasteiger partial charge in [0.1, 0.15) is 11.6 Å². The topological polar surface area (TPSA) is 68.2 Å². The number of hydrogen-bond acceptors (Lipinski definition) is 5. The number of hydrogen-bond donors (Lipinski definition) is 0. The third-order valence-corrected chi connectivity index (χ3v) is 3.80. The Kier molecular flexibility index (Phi) is 3.42. The van der Waals surface area contributed by atoms with Gasteiger partial charge in [0.2, 0.25) is 0 Å². The molecule has 4 rings (SSSR count). The van der Waals surface area contributed by atoms with Crippen LogP contribution in [0.3, 0.4) is 0 Å². The van der Waals surface area contributed by atoms with E-state index in [2.05, 4.69) is 15.0 Å². The fourth-order valence-corrected chi connectivity index (χ4v) is 2.68. The summed E-state index contributed by atoms with van der Waals surface area (Å²) >= 11 is 0. The number of carbonyl (C=O) groups is 1. The maximum absolute atomic E-state index is 12.6. The van der Waals surface area contributed by atoms with Crippen molar-refractivity contribution in [1.82, 2.24) is 15.0 Å². The largest absolute Gasteiger partial charge is 0.423 e. The Morgan fingerprint density at radius 1 is 1.17 bits per heavy atom. The number of ether oxygens (including phenoxy) is 1. The van der Waals surface area contributed by atoms with Crippen molar-refractivity contribution in [2.45, 2.75) is 13.5 Å². The normalized spacial score (nSPS) is 13.0. The van der Waals surface area contributed by atoms with Gasteiger partial charge in [-0.1, -0.05) is 17.7 Å². The number of pyridine rings is 1. The Morgan fingerprint density at radius 3 is 2.92 bits per heavy atom. The van der Waals surface area contributed by atoms with Crippen LogP contribution in [0.2, 0.25) is 0 Å². The van der Waals surface area contributed by atoms with Crippen molar-refractivity contribution >= 4 is 11.7 Å². The Bertz CT molecular complexity index is 912. The average Bonchev–Trinajstić information content (AvgIpc) is 2.92. The molecule has 0 fully saturated rings. The van der Waals surface area contributed by atoms with Crippen molar-refractivity contribution in [1.29, 1.82) is 0 Å². The van der Waals surface area contributed by atoms with E-state index in [1.165, 1.54) is 0 Å². The molecule has 0 bridgehead atoms. The summed E-state index contributed by atoms with van der Waals surface area (Å²) in [5, 5.41) is 0. The minimum absolute atomic E-state index is 0.0592. The SMILES string of the molecule is Cc1ccc2c(c1)CN(c1ccnc(Oc3cccnc3)n1)C2=O. The summed E-state index contributed by atoms with van der Waals surface area (Å²) in [4.78, 5) is 26.6. The number of aromatic nitrogens is 3. The van der Waals surface area contributed by atoms with E-state index in [0.29, 0.717) is 23.7 Å². The zero-order valence-corrected chi connectivity index (χ0v) is 13.0. The van der Waals surface area contributed by atoms with Gasteiger partial charge in [-0.25, -0.2) is 4.98 Å². The van der Waals surface area contributed by atoms with Crippen molar-refractivity contribution in [2.75, 3.05) is 4.90 Å². The van der Waals surface area contributed by atoms with E-state index >= 15 is 0 Å². The van der Waals surface area contributed by atoms with E-state index in [1.54, 1.807) is 41.7 Å².